The Labute approximate surface area is 150 Å². The number of carbonyl (C=O) groups is 2. The van der Waals surface area contributed by atoms with Gasteiger partial charge in [0, 0.05) is 18.7 Å². The molecule has 1 saturated heterocycles. The second kappa shape index (κ2) is 7.69. The van der Waals surface area contributed by atoms with Crippen LogP contribution in [0.15, 0.2) is 33.9 Å². The van der Waals surface area contributed by atoms with Crippen LogP contribution >= 0.6 is 11.8 Å². The third-order valence-electron chi connectivity index (χ3n) is 3.91. The number of hydrogen-bond acceptors (Lipinski definition) is 6. The summed E-state index contributed by atoms with van der Waals surface area (Å²) in [6, 6.07) is 7.61. The van der Waals surface area contributed by atoms with Gasteiger partial charge in [-0.05, 0) is 32.4 Å². The lowest BCUT2D eigenvalue weighted by Gasteiger charge is -2.11. The fraction of sp³-hybridized carbons (Fsp3) is 0.412. The highest BCUT2D eigenvalue weighted by Gasteiger charge is 2.23. The van der Waals surface area contributed by atoms with Gasteiger partial charge in [-0.25, -0.2) is 0 Å². The number of nitrogens with one attached hydrogen (secondary N) is 1. The smallest absolute Gasteiger partial charge is 0.277 e. The van der Waals surface area contributed by atoms with Crippen molar-refractivity contribution in [3.8, 4) is 0 Å². The Kier molecular flexibility index (Phi) is 5.37. The maximum absolute atomic E-state index is 12.3. The summed E-state index contributed by atoms with van der Waals surface area (Å²) >= 11 is 1.20. The van der Waals surface area contributed by atoms with Crippen LogP contribution in [0.5, 0.6) is 0 Å². The van der Waals surface area contributed by atoms with Crippen LogP contribution in [0.3, 0.4) is 0 Å². The average Bonchev–Trinajstić information content (AvgIpc) is 3.19. The van der Waals surface area contributed by atoms with Gasteiger partial charge >= 0.3 is 0 Å². The Morgan fingerprint density at radius 1 is 1.36 bits per heavy atom. The maximum atomic E-state index is 12.3. The van der Waals surface area contributed by atoms with E-state index in [1.807, 2.05) is 31.2 Å². The average molecular weight is 360 g/mol. The molecule has 0 spiro atoms. The van der Waals surface area contributed by atoms with E-state index in [1.165, 1.54) is 11.8 Å². The van der Waals surface area contributed by atoms with E-state index in [-0.39, 0.29) is 17.1 Å². The van der Waals surface area contributed by atoms with Gasteiger partial charge in [0.05, 0.1) is 11.8 Å². The molecule has 1 N–H and O–H groups in total. The lowest BCUT2D eigenvalue weighted by molar-refractivity contribution is -0.128. The van der Waals surface area contributed by atoms with Gasteiger partial charge in [0.25, 0.3) is 5.22 Å². The zero-order valence-corrected chi connectivity index (χ0v) is 15.0. The number of nitrogens with zero attached hydrogens (tertiary/aromatic N) is 3. The predicted molar refractivity (Wildman–Crippen MR) is 94.1 cm³/mol. The fourth-order valence-corrected chi connectivity index (χ4v) is 3.17. The molecule has 0 saturated carbocycles. The molecule has 7 nitrogen and oxygen atoms in total. The molecule has 1 atom stereocenters. The molecule has 1 aromatic carbocycles. The summed E-state index contributed by atoms with van der Waals surface area (Å²) in [5.74, 6) is 0.366. The molecule has 2 amide bonds. The van der Waals surface area contributed by atoms with Gasteiger partial charge in [0.15, 0.2) is 0 Å². The largest absolute Gasteiger partial charge is 0.414 e. The Morgan fingerprint density at radius 3 is 2.80 bits per heavy atom. The molecule has 1 aliphatic rings. The highest BCUT2D eigenvalue weighted by Crippen LogP contribution is 2.24. The van der Waals surface area contributed by atoms with E-state index in [0.29, 0.717) is 24.1 Å². The van der Waals surface area contributed by atoms with Gasteiger partial charge in [0.1, 0.15) is 0 Å². The topological polar surface area (TPSA) is 88.3 Å². The molecule has 1 unspecified atom stereocenters. The number of rotatable bonds is 6. The molecule has 2 aromatic rings. The van der Waals surface area contributed by atoms with Crippen molar-refractivity contribution in [2.45, 2.75) is 43.7 Å². The molecule has 1 fully saturated rings. The molecule has 2 heterocycles. The molecule has 25 heavy (non-hydrogen) atoms. The first-order valence-electron chi connectivity index (χ1n) is 8.15. The van der Waals surface area contributed by atoms with Crippen molar-refractivity contribution >= 4 is 29.3 Å². The summed E-state index contributed by atoms with van der Waals surface area (Å²) in [5.41, 5.74) is 1.89. The number of amides is 2. The van der Waals surface area contributed by atoms with Crippen molar-refractivity contribution in [2.24, 2.45) is 0 Å². The number of aromatic nitrogens is 2. The molecule has 1 aromatic heterocycles. The van der Waals surface area contributed by atoms with E-state index < -0.39 is 0 Å². The number of anilines is 1. The molecular formula is C17H20N4O3S. The van der Waals surface area contributed by atoms with E-state index in [0.717, 1.165) is 24.2 Å². The van der Waals surface area contributed by atoms with Crippen LogP contribution in [-0.2, 0) is 16.1 Å². The SMILES string of the molecule is Cc1ccc(NC(=O)C(C)Sc2nnc(CN3CCCC3=O)o2)cc1. The summed E-state index contributed by atoms with van der Waals surface area (Å²) in [6.07, 6.45) is 1.44. The monoisotopic (exact) mass is 360 g/mol. The lowest BCUT2D eigenvalue weighted by Crippen LogP contribution is -2.23. The van der Waals surface area contributed by atoms with E-state index in [2.05, 4.69) is 15.5 Å². The fourth-order valence-electron chi connectivity index (χ4n) is 2.47. The molecule has 0 aliphatic carbocycles. The summed E-state index contributed by atoms with van der Waals surface area (Å²) in [7, 11) is 0. The highest BCUT2D eigenvalue weighted by atomic mass is 32.2. The number of benzene rings is 1. The number of likely N-dealkylation sites (tertiary alicyclic amines) is 1. The molecule has 3 rings (SSSR count). The van der Waals surface area contributed by atoms with Crippen molar-refractivity contribution in [3.63, 3.8) is 0 Å². The van der Waals surface area contributed by atoms with Gasteiger partial charge < -0.3 is 14.6 Å². The van der Waals surface area contributed by atoms with Crippen LogP contribution in [0.25, 0.3) is 0 Å². The van der Waals surface area contributed by atoms with Gasteiger partial charge in [-0.15, -0.1) is 10.2 Å². The van der Waals surface area contributed by atoms with Crippen LogP contribution in [0.4, 0.5) is 5.69 Å². The van der Waals surface area contributed by atoms with Crippen LogP contribution < -0.4 is 5.32 Å². The Balaban J connectivity index is 1.53. The zero-order valence-electron chi connectivity index (χ0n) is 14.2. The van der Waals surface area contributed by atoms with Crippen molar-refractivity contribution in [3.05, 3.63) is 35.7 Å². The van der Waals surface area contributed by atoms with E-state index in [9.17, 15) is 9.59 Å². The van der Waals surface area contributed by atoms with Gasteiger partial charge in [-0.2, -0.15) is 0 Å². The minimum Gasteiger partial charge on any atom is -0.414 e. The quantitative estimate of drug-likeness (QED) is 0.797. The minimum absolute atomic E-state index is 0.109. The summed E-state index contributed by atoms with van der Waals surface area (Å²) in [6.45, 7) is 4.82. The van der Waals surface area contributed by atoms with Gasteiger partial charge in [0.2, 0.25) is 17.7 Å². The number of thioether (sulfide) groups is 1. The second-order valence-corrected chi connectivity index (χ2v) is 7.29. The summed E-state index contributed by atoms with van der Waals surface area (Å²) in [5, 5.41) is 10.7. The zero-order chi connectivity index (χ0) is 17.8. The molecule has 0 bridgehead atoms. The van der Waals surface area contributed by atoms with Crippen LogP contribution in [0, 0.1) is 6.92 Å². The first-order chi connectivity index (χ1) is 12.0. The lowest BCUT2D eigenvalue weighted by atomic mass is 10.2. The highest BCUT2D eigenvalue weighted by molar-refractivity contribution is 8.00. The van der Waals surface area contributed by atoms with Crippen molar-refractivity contribution in [1.82, 2.24) is 15.1 Å². The maximum Gasteiger partial charge on any atom is 0.277 e. The van der Waals surface area contributed by atoms with Crippen LogP contribution in [0.2, 0.25) is 0 Å². The van der Waals surface area contributed by atoms with Gasteiger partial charge in [-0.3, -0.25) is 9.59 Å². The minimum atomic E-state index is -0.386. The Hall–Kier alpha value is -2.35. The molecule has 8 heteroatoms. The first-order valence-corrected chi connectivity index (χ1v) is 9.03. The standard InChI is InChI=1S/C17H20N4O3S/c1-11-5-7-13(8-6-11)18-16(23)12(2)25-17-20-19-14(24-17)10-21-9-3-4-15(21)22/h5-8,12H,3-4,9-10H2,1-2H3,(H,18,23). The third-order valence-corrected chi connectivity index (χ3v) is 4.85. The molecule has 0 radical (unpaired) electrons. The second-order valence-electron chi connectivity index (χ2n) is 6.00. The van der Waals surface area contributed by atoms with Gasteiger partial charge in [-0.1, -0.05) is 29.5 Å². The Morgan fingerprint density at radius 2 is 2.12 bits per heavy atom. The molecule has 1 aliphatic heterocycles. The first kappa shape index (κ1) is 17.5. The number of aryl methyl sites for hydroxylation is 1. The third kappa shape index (κ3) is 4.60. The van der Waals surface area contributed by atoms with Crippen LogP contribution in [0.1, 0.15) is 31.2 Å². The Bertz CT molecular complexity index is 760. The predicted octanol–water partition coefficient (Wildman–Crippen LogP) is 2.62. The number of hydrogen-bond donors (Lipinski definition) is 1. The molecular weight excluding hydrogens is 340 g/mol. The van der Waals surface area contributed by atoms with E-state index in [1.54, 1.807) is 11.8 Å². The normalized spacial score (nSPS) is 15.4. The molecule has 132 valence electrons. The van der Waals surface area contributed by atoms with Crippen molar-refractivity contribution in [2.75, 3.05) is 11.9 Å². The van der Waals surface area contributed by atoms with E-state index in [4.69, 9.17) is 4.42 Å². The summed E-state index contributed by atoms with van der Waals surface area (Å²) < 4.78 is 5.55. The van der Waals surface area contributed by atoms with Crippen LogP contribution in [-0.4, -0.2) is 38.7 Å². The number of carbonyl (C=O) groups excluding carboxylic acids is 2. The van der Waals surface area contributed by atoms with Crippen molar-refractivity contribution in [1.29, 1.82) is 0 Å². The summed E-state index contributed by atoms with van der Waals surface area (Å²) in [4.78, 5) is 25.6. The van der Waals surface area contributed by atoms with E-state index >= 15 is 0 Å². The van der Waals surface area contributed by atoms with Crippen molar-refractivity contribution < 1.29 is 14.0 Å².